The summed E-state index contributed by atoms with van der Waals surface area (Å²) in [5, 5.41) is 4.97. The van der Waals surface area contributed by atoms with E-state index in [0.29, 0.717) is 22.0 Å². The molecule has 2 aromatic carbocycles. The van der Waals surface area contributed by atoms with Crippen LogP contribution in [0.4, 0.5) is 5.69 Å². The molecule has 0 radical (unpaired) electrons. The lowest BCUT2D eigenvalue weighted by atomic mass is 10.0. The van der Waals surface area contributed by atoms with E-state index in [2.05, 4.69) is 29.6 Å². The molecule has 1 aliphatic rings. The maximum absolute atomic E-state index is 6.23. The summed E-state index contributed by atoms with van der Waals surface area (Å²) in [6.45, 7) is 0. The van der Waals surface area contributed by atoms with E-state index in [1.54, 1.807) is 0 Å². The zero-order valence-corrected chi connectivity index (χ0v) is 12.0. The normalized spacial score (nSPS) is 16.1. The van der Waals surface area contributed by atoms with Crippen molar-refractivity contribution in [2.24, 2.45) is 5.92 Å². The molecule has 0 saturated heterocycles. The quantitative estimate of drug-likeness (QED) is 0.778. The van der Waals surface area contributed by atoms with E-state index in [9.17, 15) is 0 Å². The Balaban J connectivity index is 1.88. The van der Waals surface area contributed by atoms with Crippen molar-refractivity contribution in [1.29, 1.82) is 0 Å². The molecule has 1 nitrogen and oxygen atoms in total. The van der Waals surface area contributed by atoms with Gasteiger partial charge in [-0.3, -0.25) is 0 Å². The van der Waals surface area contributed by atoms with Crippen LogP contribution in [0, 0.1) is 5.92 Å². The third kappa shape index (κ3) is 3.05. The molecule has 1 unspecified atom stereocenters. The lowest BCUT2D eigenvalue weighted by Crippen LogP contribution is -2.13. The summed E-state index contributed by atoms with van der Waals surface area (Å²) in [5.41, 5.74) is 2.22. The van der Waals surface area contributed by atoms with Crippen LogP contribution in [0.2, 0.25) is 10.0 Å². The maximum Gasteiger partial charge on any atom is 0.0638 e. The van der Waals surface area contributed by atoms with Gasteiger partial charge >= 0.3 is 0 Å². The second-order valence-corrected chi connectivity index (χ2v) is 5.84. The van der Waals surface area contributed by atoms with Crippen LogP contribution >= 0.6 is 23.2 Å². The van der Waals surface area contributed by atoms with Crippen LogP contribution in [0.3, 0.4) is 0 Å². The van der Waals surface area contributed by atoms with E-state index in [4.69, 9.17) is 23.2 Å². The van der Waals surface area contributed by atoms with Crippen molar-refractivity contribution in [3.63, 3.8) is 0 Å². The van der Waals surface area contributed by atoms with Crippen LogP contribution in [-0.4, -0.2) is 0 Å². The van der Waals surface area contributed by atoms with Crippen molar-refractivity contribution in [2.45, 2.75) is 18.9 Å². The summed E-state index contributed by atoms with van der Waals surface area (Å²) >= 11 is 12.3. The standard InChI is InChI=1S/C16H15Cl2N/c17-13-8-9-14(18)15(10-13)19-16(12-6-7-12)11-4-2-1-3-5-11/h1-5,8-10,12,16,19H,6-7H2. The molecule has 2 aromatic rings. The first-order valence-electron chi connectivity index (χ1n) is 6.50. The number of halogens is 2. The molecule has 19 heavy (non-hydrogen) atoms. The van der Waals surface area contributed by atoms with E-state index >= 15 is 0 Å². The Labute approximate surface area is 123 Å². The van der Waals surface area contributed by atoms with Gasteiger partial charge in [-0.2, -0.15) is 0 Å². The maximum atomic E-state index is 6.23. The lowest BCUT2D eigenvalue weighted by molar-refractivity contribution is 0.679. The summed E-state index contributed by atoms with van der Waals surface area (Å²) in [4.78, 5) is 0. The fraction of sp³-hybridized carbons (Fsp3) is 0.250. The van der Waals surface area contributed by atoms with Crippen LogP contribution in [0.5, 0.6) is 0 Å². The average molecular weight is 292 g/mol. The highest BCUT2D eigenvalue weighted by atomic mass is 35.5. The number of nitrogens with one attached hydrogen (secondary N) is 1. The first-order valence-corrected chi connectivity index (χ1v) is 7.26. The first kappa shape index (κ1) is 12.8. The topological polar surface area (TPSA) is 12.0 Å². The van der Waals surface area contributed by atoms with E-state index in [-0.39, 0.29) is 0 Å². The van der Waals surface area contributed by atoms with E-state index in [1.165, 1.54) is 18.4 Å². The highest BCUT2D eigenvalue weighted by Crippen LogP contribution is 2.43. The second-order valence-electron chi connectivity index (χ2n) is 4.99. The number of hydrogen-bond acceptors (Lipinski definition) is 1. The molecule has 0 aliphatic heterocycles. The molecule has 3 rings (SSSR count). The van der Waals surface area contributed by atoms with E-state index in [0.717, 1.165) is 5.69 Å². The van der Waals surface area contributed by atoms with Gasteiger partial charge in [0.15, 0.2) is 0 Å². The summed E-state index contributed by atoms with van der Waals surface area (Å²) in [7, 11) is 0. The van der Waals surface area contributed by atoms with Crippen LogP contribution in [0.25, 0.3) is 0 Å². The number of rotatable bonds is 4. The van der Waals surface area contributed by atoms with Crippen molar-refractivity contribution >= 4 is 28.9 Å². The van der Waals surface area contributed by atoms with Crippen molar-refractivity contribution in [2.75, 3.05) is 5.32 Å². The van der Waals surface area contributed by atoms with Gasteiger partial charge in [-0.05, 0) is 42.5 Å². The summed E-state index contributed by atoms with van der Waals surface area (Å²) < 4.78 is 0. The average Bonchev–Trinajstić information content (AvgIpc) is 3.25. The van der Waals surface area contributed by atoms with Crippen LogP contribution in [0.15, 0.2) is 48.5 Å². The molecule has 0 bridgehead atoms. The van der Waals surface area contributed by atoms with Crippen molar-refractivity contribution in [3.05, 3.63) is 64.1 Å². The Morgan fingerprint density at radius 1 is 1.00 bits per heavy atom. The molecule has 1 fully saturated rings. The Morgan fingerprint density at radius 2 is 1.74 bits per heavy atom. The summed E-state index contributed by atoms with van der Waals surface area (Å²) in [5.74, 6) is 0.692. The number of hydrogen-bond donors (Lipinski definition) is 1. The predicted molar refractivity (Wildman–Crippen MR) is 82.0 cm³/mol. The molecule has 1 aliphatic carbocycles. The van der Waals surface area contributed by atoms with Crippen molar-refractivity contribution in [3.8, 4) is 0 Å². The smallest absolute Gasteiger partial charge is 0.0638 e. The van der Waals surface area contributed by atoms with Gasteiger partial charge in [0.05, 0.1) is 16.8 Å². The van der Waals surface area contributed by atoms with Gasteiger partial charge in [0.2, 0.25) is 0 Å². The molecular formula is C16H15Cl2N. The van der Waals surface area contributed by atoms with Gasteiger partial charge in [0.1, 0.15) is 0 Å². The van der Waals surface area contributed by atoms with Crippen molar-refractivity contribution < 1.29 is 0 Å². The molecule has 1 saturated carbocycles. The molecule has 1 atom stereocenters. The van der Waals surface area contributed by atoms with Gasteiger partial charge in [-0.15, -0.1) is 0 Å². The minimum atomic E-state index is 0.317. The van der Waals surface area contributed by atoms with E-state index < -0.39 is 0 Å². The molecule has 0 amide bonds. The van der Waals surface area contributed by atoms with Gasteiger partial charge in [0, 0.05) is 5.02 Å². The Hall–Kier alpha value is -1.18. The Bertz CT molecular complexity index is 564. The summed E-state index contributed by atoms with van der Waals surface area (Å²) in [6, 6.07) is 16.4. The SMILES string of the molecule is Clc1ccc(Cl)c(NC(c2ccccc2)C2CC2)c1. The highest BCUT2D eigenvalue weighted by molar-refractivity contribution is 6.35. The minimum absolute atomic E-state index is 0.317. The van der Waals surface area contributed by atoms with Crippen LogP contribution < -0.4 is 5.32 Å². The molecular weight excluding hydrogens is 277 g/mol. The largest absolute Gasteiger partial charge is 0.377 e. The monoisotopic (exact) mass is 291 g/mol. The number of anilines is 1. The zero-order chi connectivity index (χ0) is 13.2. The van der Waals surface area contributed by atoms with E-state index in [1.807, 2.05) is 24.3 Å². The molecule has 0 spiro atoms. The zero-order valence-electron chi connectivity index (χ0n) is 10.4. The molecule has 1 N–H and O–H groups in total. The third-order valence-electron chi connectivity index (χ3n) is 3.49. The second kappa shape index (κ2) is 5.44. The molecule has 0 heterocycles. The van der Waals surface area contributed by atoms with Gasteiger partial charge in [0.25, 0.3) is 0 Å². The lowest BCUT2D eigenvalue weighted by Gasteiger charge is -2.21. The molecule has 0 aromatic heterocycles. The first-order chi connectivity index (χ1) is 9.24. The fourth-order valence-corrected chi connectivity index (χ4v) is 2.68. The fourth-order valence-electron chi connectivity index (χ4n) is 2.34. The van der Waals surface area contributed by atoms with Gasteiger partial charge in [-0.25, -0.2) is 0 Å². The predicted octanol–water partition coefficient (Wildman–Crippen LogP) is 5.56. The summed E-state index contributed by atoms with van der Waals surface area (Å²) in [6.07, 6.45) is 2.54. The highest BCUT2D eigenvalue weighted by Gasteiger charge is 2.32. The molecule has 3 heteroatoms. The Kier molecular flexibility index (Phi) is 3.67. The van der Waals surface area contributed by atoms with Crippen molar-refractivity contribution in [1.82, 2.24) is 0 Å². The van der Waals surface area contributed by atoms with Crippen LogP contribution in [-0.2, 0) is 0 Å². The third-order valence-corrected chi connectivity index (χ3v) is 4.06. The minimum Gasteiger partial charge on any atom is -0.377 e. The Morgan fingerprint density at radius 3 is 2.42 bits per heavy atom. The van der Waals surface area contributed by atoms with Crippen LogP contribution in [0.1, 0.15) is 24.4 Å². The van der Waals surface area contributed by atoms with Gasteiger partial charge in [-0.1, -0.05) is 53.5 Å². The number of benzene rings is 2. The van der Waals surface area contributed by atoms with Gasteiger partial charge < -0.3 is 5.32 Å². The molecule has 98 valence electrons.